The van der Waals surface area contributed by atoms with Crippen molar-refractivity contribution >= 4 is 10.0 Å². The quantitative estimate of drug-likeness (QED) is 0.581. The molecule has 66 valence electrons. The topological polar surface area (TPSA) is 63.4 Å². The Morgan fingerprint density at radius 2 is 2.18 bits per heavy atom. The highest BCUT2D eigenvalue weighted by Crippen LogP contribution is 2.12. The lowest BCUT2D eigenvalue weighted by Gasteiger charge is -2.27. The number of sulfonamides is 1. The zero-order valence-electron chi connectivity index (χ0n) is 6.66. The van der Waals surface area contributed by atoms with Crippen molar-refractivity contribution in [1.82, 2.24) is 4.90 Å². The number of hydrogen-bond donors (Lipinski definition) is 1. The number of piperidine rings is 1. The van der Waals surface area contributed by atoms with Crippen LogP contribution in [-0.2, 0) is 10.0 Å². The number of hydrogen-bond acceptors (Lipinski definition) is 3. The van der Waals surface area contributed by atoms with Gasteiger partial charge in [0.1, 0.15) is 0 Å². The fraction of sp³-hybridized carbons (Fsp3) is 1.00. The summed E-state index contributed by atoms with van der Waals surface area (Å²) in [6.07, 6.45) is 1.64. The van der Waals surface area contributed by atoms with Crippen molar-refractivity contribution in [2.24, 2.45) is 5.14 Å². The zero-order valence-corrected chi connectivity index (χ0v) is 7.47. The number of likely N-dealkylation sites (tertiary alicyclic amines) is 1. The molecule has 0 aromatic carbocycles. The highest BCUT2D eigenvalue weighted by atomic mass is 32.2. The van der Waals surface area contributed by atoms with Crippen molar-refractivity contribution in [3.63, 3.8) is 0 Å². The average Bonchev–Trinajstić information content (AvgIpc) is 1.86. The minimum absolute atomic E-state index is 0.346. The summed E-state index contributed by atoms with van der Waals surface area (Å²) in [6.45, 7) is 1.56. The first-order chi connectivity index (χ1) is 5.00. The van der Waals surface area contributed by atoms with Crippen LogP contribution in [0.4, 0.5) is 0 Å². The Bertz CT molecular complexity index is 225. The van der Waals surface area contributed by atoms with Crippen LogP contribution in [0.25, 0.3) is 0 Å². The minimum atomic E-state index is -3.30. The summed E-state index contributed by atoms with van der Waals surface area (Å²) in [6, 6.07) is 0. The molecular formula is C6H14N2O2S. The number of nitrogens with zero attached hydrogens (tertiary/aromatic N) is 1. The molecule has 0 spiro atoms. The SMILES string of the molecule is CN1CCC[C@H](S(N)(=O)=O)C1. The summed E-state index contributed by atoms with van der Waals surface area (Å²) in [5, 5.41) is 4.67. The molecule has 0 saturated carbocycles. The monoisotopic (exact) mass is 178 g/mol. The molecule has 1 atom stereocenters. The second-order valence-electron chi connectivity index (χ2n) is 3.12. The predicted molar refractivity (Wildman–Crippen MR) is 43.6 cm³/mol. The van der Waals surface area contributed by atoms with Crippen LogP contribution in [0.1, 0.15) is 12.8 Å². The van der Waals surface area contributed by atoms with Crippen molar-refractivity contribution in [1.29, 1.82) is 0 Å². The fourth-order valence-electron chi connectivity index (χ4n) is 1.39. The van der Waals surface area contributed by atoms with Crippen LogP contribution in [0.3, 0.4) is 0 Å². The van der Waals surface area contributed by atoms with Crippen molar-refractivity contribution in [3.8, 4) is 0 Å². The van der Waals surface area contributed by atoms with Gasteiger partial charge in [-0.05, 0) is 26.4 Å². The van der Waals surface area contributed by atoms with E-state index in [1.54, 1.807) is 0 Å². The van der Waals surface area contributed by atoms with Crippen LogP contribution >= 0.6 is 0 Å². The van der Waals surface area contributed by atoms with E-state index in [1.807, 2.05) is 11.9 Å². The Kier molecular flexibility index (Phi) is 2.51. The largest absolute Gasteiger partial charge is 0.305 e. The molecule has 1 saturated heterocycles. The molecule has 0 aromatic heterocycles. The molecule has 11 heavy (non-hydrogen) atoms. The van der Waals surface area contributed by atoms with Crippen LogP contribution in [0.15, 0.2) is 0 Å². The molecule has 2 N–H and O–H groups in total. The van der Waals surface area contributed by atoms with Gasteiger partial charge in [-0.25, -0.2) is 13.6 Å². The van der Waals surface area contributed by atoms with Gasteiger partial charge in [0.2, 0.25) is 10.0 Å². The first kappa shape index (κ1) is 8.96. The summed E-state index contributed by atoms with van der Waals surface area (Å²) >= 11 is 0. The molecule has 5 heteroatoms. The van der Waals surface area contributed by atoms with Gasteiger partial charge in [0.05, 0.1) is 5.25 Å². The lowest BCUT2D eigenvalue weighted by Crippen LogP contribution is -2.42. The molecule has 1 fully saturated rings. The predicted octanol–water partition coefficient (Wildman–Crippen LogP) is -0.631. The first-order valence-corrected chi connectivity index (χ1v) is 5.31. The van der Waals surface area contributed by atoms with Crippen molar-refractivity contribution < 1.29 is 8.42 Å². The third kappa shape index (κ3) is 2.43. The van der Waals surface area contributed by atoms with Gasteiger partial charge >= 0.3 is 0 Å². The van der Waals surface area contributed by atoms with E-state index in [0.29, 0.717) is 13.0 Å². The van der Waals surface area contributed by atoms with Gasteiger partial charge in [-0.3, -0.25) is 0 Å². The summed E-state index contributed by atoms with van der Waals surface area (Å²) in [4.78, 5) is 2.00. The molecular weight excluding hydrogens is 164 g/mol. The lowest BCUT2D eigenvalue weighted by molar-refractivity contribution is 0.278. The third-order valence-corrected chi connectivity index (χ3v) is 3.36. The molecule has 1 aliphatic rings. The maximum absolute atomic E-state index is 10.9. The molecule has 0 unspecified atom stereocenters. The summed E-state index contributed by atoms with van der Waals surface area (Å²) in [5.41, 5.74) is 0. The highest BCUT2D eigenvalue weighted by molar-refractivity contribution is 7.89. The average molecular weight is 178 g/mol. The molecule has 1 rings (SSSR count). The first-order valence-electron chi connectivity index (χ1n) is 3.70. The molecule has 1 heterocycles. The van der Waals surface area contributed by atoms with E-state index in [-0.39, 0.29) is 5.25 Å². The molecule has 0 aliphatic carbocycles. The van der Waals surface area contributed by atoms with E-state index in [2.05, 4.69) is 0 Å². The van der Waals surface area contributed by atoms with E-state index >= 15 is 0 Å². The minimum Gasteiger partial charge on any atom is -0.305 e. The van der Waals surface area contributed by atoms with Crippen molar-refractivity contribution in [3.05, 3.63) is 0 Å². The summed E-state index contributed by atoms with van der Waals surface area (Å²) < 4.78 is 21.8. The maximum Gasteiger partial charge on any atom is 0.213 e. The number of primary sulfonamides is 1. The van der Waals surface area contributed by atoms with E-state index in [4.69, 9.17) is 5.14 Å². The van der Waals surface area contributed by atoms with Crippen LogP contribution in [0.2, 0.25) is 0 Å². The highest BCUT2D eigenvalue weighted by Gasteiger charge is 2.25. The molecule has 0 aromatic rings. The van der Waals surface area contributed by atoms with Gasteiger partial charge in [0.25, 0.3) is 0 Å². The fourth-order valence-corrected chi connectivity index (χ4v) is 2.34. The van der Waals surface area contributed by atoms with Crippen molar-refractivity contribution in [2.45, 2.75) is 18.1 Å². The van der Waals surface area contributed by atoms with Gasteiger partial charge in [-0.1, -0.05) is 0 Å². The Balaban J connectivity index is 2.60. The Morgan fingerprint density at radius 3 is 2.55 bits per heavy atom. The second kappa shape index (κ2) is 3.08. The maximum atomic E-state index is 10.9. The van der Waals surface area contributed by atoms with Gasteiger partial charge in [-0.2, -0.15) is 0 Å². The molecule has 0 radical (unpaired) electrons. The lowest BCUT2D eigenvalue weighted by atomic mass is 10.1. The third-order valence-electron chi connectivity index (χ3n) is 2.05. The summed E-state index contributed by atoms with van der Waals surface area (Å²) in [5.74, 6) is 0. The summed E-state index contributed by atoms with van der Waals surface area (Å²) in [7, 11) is -1.39. The van der Waals surface area contributed by atoms with E-state index in [0.717, 1.165) is 13.0 Å². The zero-order chi connectivity index (χ0) is 8.48. The van der Waals surface area contributed by atoms with E-state index < -0.39 is 10.0 Å². The molecule has 1 aliphatic heterocycles. The van der Waals surface area contributed by atoms with Crippen LogP contribution in [-0.4, -0.2) is 38.7 Å². The van der Waals surface area contributed by atoms with Crippen LogP contribution in [0, 0.1) is 0 Å². The molecule has 0 bridgehead atoms. The number of rotatable bonds is 1. The number of nitrogens with two attached hydrogens (primary N) is 1. The van der Waals surface area contributed by atoms with E-state index in [1.165, 1.54) is 0 Å². The van der Waals surface area contributed by atoms with Gasteiger partial charge in [0, 0.05) is 6.54 Å². The Labute approximate surface area is 67.4 Å². The smallest absolute Gasteiger partial charge is 0.213 e. The van der Waals surface area contributed by atoms with E-state index in [9.17, 15) is 8.42 Å². The van der Waals surface area contributed by atoms with Gasteiger partial charge < -0.3 is 4.90 Å². The second-order valence-corrected chi connectivity index (χ2v) is 4.96. The molecule has 4 nitrogen and oxygen atoms in total. The van der Waals surface area contributed by atoms with Gasteiger partial charge in [-0.15, -0.1) is 0 Å². The normalized spacial score (nSPS) is 28.7. The standard InChI is InChI=1S/C6H14N2O2S/c1-8-4-2-3-6(5-8)11(7,9)10/h6H,2-5H2,1H3,(H2,7,9,10)/t6-/m0/s1. The Hall–Kier alpha value is -0.130. The Morgan fingerprint density at radius 1 is 1.55 bits per heavy atom. The van der Waals surface area contributed by atoms with Crippen LogP contribution in [0.5, 0.6) is 0 Å². The van der Waals surface area contributed by atoms with Crippen molar-refractivity contribution in [2.75, 3.05) is 20.1 Å². The molecule has 0 amide bonds. The van der Waals surface area contributed by atoms with Crippen LogP contribution < -0.4 is 5.14 Å². The van der Waals surface area contributed by atoms with Gasteiger partial charge in [0.15, 0.2) is 0 Å².